The van der Waals surface area contributed by atoms with Crippen LogP contribution in [0.2, 0.25) is 0 Å². The molecule has 2 atom stereocenters. The number of rotatable bonds is 4. The number of piperidine rings is 1. The smallest absolute Gasteiger partial charge is 0.308 e. The van der Waals surface area contributed by atoms with Gasteiger partial charge in [-0.15, -0.1) is 0 Å². The third-order valence-electron chi connectivity index (χ3n) is 4.64. The van der Waals surface area contributed by atoms with E-state index in [4.69, 9.17) is 4.74 Å². The third kappa shape index (κ3) is 3.93. The second kappa shape index (κ2) is 7.25. The highest BCUT2D eigenvalue weighted by atomic mass is 16.5. The van der Waals surface area contributed by atoms with Gasteiger partial charge in [0, 0.05) is 25.7 Å². The molecule has 1 heterocycles. The summed E-state index contributed by atoms with van der Waals surface area (Å²) in [6.07, 6.45) is 7.84. The lowest BCUT2D eigenvalue weighted by molar-refractivity contribution is -0.145. The largest absolute Gasteiger partial charge is 0.481 e. The average molecular weight is 269 g/mol. The van der Waals surface area contributed by atoms with Crippen molar-refractivity contribution in [2.24, 2.45) is 5.92 Å². The van der Waals surface area contributed by atoms with Crippen LogP contribution in [0, 0.1) is 5.92 Å². The van der Waals surface area contributed by atoms with Crippen LogP contribution in [0.5, 0.6) is 0 Å². The van der Waals surface area contributed by atoms with Crippen molar-refractivity contribution in [3.05, 3.63) is 0 Å². The maximum absolute atomic E-state index is 11.5. The van der Waals surface area contributed by atoms with E-state index in [9.17, 15) is 9.90 Å². The number of hydrogen-bond donors (Lipinski definition) is 1. The molecular formula is C15H27NO3. The van der Waals surface area contributed by atoms with Gasteiger partial charge < -0.3 is 9.84 Å². The van der Waals surface area contributed by atoms with Crippen LogP contribution in [0.25, 0.3) is 0 Å². The van der Waals surface area contributed by atoms with Crippen molar-refractivity contribution >= 4 is 5.97 Å². The minimum Gasteiger partial charge on any atom is -0.481 e. The van der Waals surface area contributed by atoms with Crippen molar-refractivity contribution in [1.29, 1.82) is 0 Å². The van der Waals surface area contributed by atoms with Crippen LogP contribution in [0.15, 0.2) is 0 Å². The fourth-order valence-electron chi connectivity index (χ4n) is 3.62. The highest BCUT2D eigenvalue weighted by Gasteiger charge is 2.35. The van der Waals surface area contributed by atoms with Crippen molar-refractivity contribution in [1.82, 2.24) is 4.90 Å². The predicted octanol–water partition coefficient (Wildman–Crippen LogP) is 2.52. The Bertz CT molecular complexity index is 287. The molecule has 0 radical (unpaired) electrons. The van der Waals surface area contributed by atoms with E-state index in [-0.39, 0.29) is 12.0 Å². The van der Waals surface area contributed by atoms with Gasteiger partial charge in [0.15, 0.2) is 0 Å². The topological polar surface area (TPSA) is 49.8 Å². The van der Waals surface area contributed by atoms with Gasteiger partial charge in [-0.05, 0) is 32.6 Å². The van der Waals surface area contributed by atoms with E-state index in [2.05, 4.69) is 4.90 Å². The van der Waals surface area contributed by atoms with Gasteiger partial charge in [0.1, 0.15) is 0 Å². The van der Waals surface area contributed by atoms with E-state index in [1.54, 1.807) is 0 Å². The first-order chi connectivity index (χ1) is 9.22. The van der Waals surface area contributed by atoms with E-state index in [0.29, 0.717) is 6.10 Å². The molecule has 1 N–H and O–H groups in total. The van der Waals surface area contributed by atoms with Gasteiger partial charge in [0.2, 0.25) is 0 Å². The molecule has 19 heavy (non-hydrogen) atoms. The van der Waals surface area contributed by atoms with E-state index in [1.165, 1.54) is 12.8 Å². The van der Waals surface area contributed by atoms with Crippen LogP contribution in [0.4, 0.5) is 0 Å². The molecule has 1 aliphatic heterocycles. The zero-order chi connectivity index (χ0) is 13.7. The Morgan fingerprint density at radius 1 is 1.16 bits per heavy atom. The second-order valence-corrected chi connectivity index (χ2v) is 5.84. The standard InChI is InChI=1S/C15H27NO3/c1-2-19-12-8-10-16(11-9-12)14-7-5-3-4-6-13(14)15(17)18/h12-14H,2-11H2,1H3,(H,17,18). The summed E-state index contributed by atoms with van der Waals surface area (Å²) >= 11 is 0. The Kier molecular flexibility index (Phi) is 5.64. The van der Waals surface area contributed by atoms with Crippen molar-refractivity contribution in [2.75, 3.05) is 19.7 Å². The lowest BCUT2D eigenvalue weighted by Crippen LogP contribution is -2.48. The number of carboxylic acid groups (broad SMARTS) is 1. The van der Waals surface area contributed by atoms with Gasteiger partial charge in [-0.1, -0.05) is 19.3 Å². The lowest BCUT2D eigenvalue weighted by atomic mass is 9.91. The van der Waals surface area contributed by atoms with Gasteiger partial charge in [-0.2, -0.15) is 0 Å². The van der Waals surface area contributed by atoms with Gasteiger partial charge in [0.25, 0.3) is 0 Å². The molecule has 1 saturated carbocycles. The fraction of sp³-hybridized carbons (Fsp3) is 0.933. The molecule has 1 saturated heterocycles. The summed E-state index contributed by atoms with van der Waals surface area (Å²) < 4.78 is 5.67. The molecule has 0 amide bonds. The van der Waals surface area contributed by atoms with E-state index >= 15 is 0 Å². The number of ether oxygens (including phenoxy) is 1. The summed E-state index contributed by atoms with van der Waals surface area (Å²) in [5.74, 6) is -0.759. The third-order valence-corrected chi connectivity index (χ3v) is 4.64. The first kappa shape index (κ1) is 14.8. The van der Waals surface area contributed by atoms with Crippen molar-refractivity contribution in [3.63, 3.8) is 0 Å². The molecule has 0 aromatic carbocycles. The Hall–Kier alpha value is -0.610. The summed E-state index contributed by atoms with van der Waals surface area (Å²) in [5, 5.41) is 9.45. The normalized spacial score (nSPS) is 31.0. The number of carboxylic acids is 1. The monoisotopic (exact) mass is 269 g/mol. The van der Waals surface area contributed by atoms with Crippen molar-refractivity contribution < 1.29 is 14.6 Å². The van der Waals surface area contributed by atoms with E-state index in [0.717, 1.165) is 51.8 Å². The Labute approximate surface area is 116 Å². The number of likely N-dealkylation sites (tertiary alicyclic amines) is 1. The molecule has 0 aromatic heterocycles. The molecule has 0 aromatic rings. The summed E-state index contributed by atoms with van der Waals surface area (Å²) in [7, 11) is 0. The van der Waals surface area contributed by atoms with E-state index < -0.39 is 5.97 Å². The predicted molar refractivity (Wildman–Crippen MR) is 74.2 cm³/mol. The number of carbonyl (C=O) groups is 1. The van der Waals surface area contributed by atoms with Crippen LogP contribution in [0.1, 0.15) is 51.9 Å². The zero-order valence-electron chi connectivity index (χ0n) is 12.0. The number of nitrogens with zero attached hydrogens (tertiary/aromatic N) is 1. The fourth-order valence-corrected chi connectivity index (χ4v) is 3.62. The van der Waals surface area contributed by atoms with Crippen LogP contribution in [-0.4, -0.2) is 47.8 Å². The van der Waals surface area contributed by atoms with Crippen molar-refractivity contribution in [3.8, 4) is 0 Å². The SMILES string of the molecule is CCOC1CCN(C2CCCCCC2C(=O)O)CC1. The molecule has 4 nitrogen and oxygen atoms in total. The molecule has 0 spiro atoms. The van der Waals surface area contributed by atoms with Crippen LogP contribution >= 0.6 is 0 Å². The molecule has 2 unspecified atom stereocenters. The summed E-state index contributed by atoms with van der Waals surface area (Å²) in [6, 6.07) is 0.252. The summed E-state index contributed by atoms with van der Waals surface area (Å²) in [6.45, 7) is 4.82. The highest BCUT2D eigenvalue weighted by Crippen LogP contribution is 2.30. The Morgan fingerprint density at radius 2 is 1.84 bits per heavy atom. The molecule has 1 aliphatic carbocycles. The molecule has 110 valence electrons. The van der Waals surface area contributed by atoms with Gasteiger partial charge in [-0.3, -0.25) is 9.69 Å². The number of hydrogen-bond acceptors (Lipinski definition) is 3. The number of aliphatic carboxylic acids is 1. The molecular weight excluding hydrogens is 242 g/mol. The summed E-state index contributed by atoms with van der Waals surface area (Å²) in [5.41, 5.74) is 0. The quantitative estimate of drug-likeness (QED) is 0.797. The van der Waals surface area contributed by atoms with E-state index in [1.807, 2.05) is 6.92 Å². The lowest BCUT2D eigenvalue weighted by Gasteiger charge is -2.39. The van der Waals surface area contributed by atoms with Crippen LogP contribution in [0.3, 0.4) is 0 Å². The molecule has 2 fully saturated rings. The molecule has 4 heteroatoms. The Balaban J connectivity index is 1.93. The average Bonchev–Trinajstić information content (AvgIpc) is 2.65. The van der Waals surface area contributed by atoms with Gasteiger partial charge in [-0.25, -0.2) is 0 Å². The maximum atomic E-state index is 11.5. The second-order valence-electron chi connectivity index (χ2n) is 5.84. The minimum atomic E-state index is -0.598. The first-order valence-electron chi connectivity index (χ1n) is 7.80. The summed E-state index contributed by atoms with van der Waals surface area (Å²) in [4.78, 5) is 13.9. The van der Waals surface area contributed by atoms with Gasteiger partial charge >= 0.3 is 5.97 Å². The molecule has 2 rings (SSSR count). The highest BCUT2D eigenvalue weighted by molar-refractivity contribution is 5.70. The van der Waals surface area contributed by atoms with Crippen LogP contribution in [-0.2, 0) is 9.53 Å². The molecule has 2 aliphatic rings. The molecule has 0 bridgehead atoms. The minimum absolute atomic E-state index is 0.161. The zero-order valence-corrected chi connectivity index (χ0v) is 12.0. The Morgan fingerprint density at radius 3 is 2.47 bits per heavy atom. The maximum Gasteiger partial charge on any atom is 0.308 e. The van der Waals surface area contributed by atoms with Gasteiger partial charge in [0.05, 0.1) is 12.0 Å². The first-order valence-corrected chi connectivity index (χ1v) is 7.80. The van der Waals surface area contributed by atoms with Crippen LogP contribution < -0.4 is 0 Å². The van der Waals surface area contributed by atoms with Crippen molar-refractivity contribution in [2.45, 2.75) is 64.0 Å².